The molecule has 2 atom stereocenters. The summed E-state index contributed by atoms with van der Waals surface area (Å²) in [5, 5.41) is 15.0. The Morgan fingerprint density at radius 2 is 1.69 bits per heavy atom. The van der Waals surface area contributed by atoms with Crippen LogP contribution in [-0.4, -0.2) is 22.1 Å². The van der Waals surface area contributed by atoms with Crippen LogP contribution >= 0.6 is 0 Å². The summed E-state index contributed by atoms with van der Waals surface area (Å²) in [7, 11) is 0. The highest BCUT2D eigenvalue weighted by Crippen LogP contribution is 2.41. The van der Waals surface area contributed by atoms with Crippen molar-refractivity contribution >= 4 is 17.4 Å². The van der Waals surface area contributed by atoms with Crippen LogP contribution in [0.25, 0.3) is 11.3 Å². The highest BCUT2D eigenvalue weighted by Gasteiger charge is 2.39. The molecule has 0 radical (unpaired) electrons. The minimum Gasteiger partial charge on any atom is -0.349 e. The van der Waals surface area contributed by atoms with Gasteiger partial charge in [0.05, 0.1) is 5.69 Å². The minimum absolute atomic E-state index is 0.0567. The van der Waals surface area contributed by atoms with Gasteiger partial charge in [-0.25, -0.2) is 0 Å². The molecule has 1 amide bonds. The molecule has 1 heterocycles. The number of aryl methyl sites for hydroxylation is 1. The third-order valence-electron chi connectivity index (χ3n) is 5.74. The minimum atomic E-state index is -0.0567. The van der Waals surface area contributed by atoms with E-state index < -0.39 is 0 Å². The van der Waals surface area contributed by atoms with Gasteiger partial charge in [-0.3, -0.25) is 4.79 Å². The average molecular weight is 421 g/mol. The number of aromatic nitrogens is 2. The highest BCUT2D eigenvalue weighted by atomic mass is 16.1. The summed E-state index contributed by atoms with van der Waals surface area (Å²) in [6.45, 7) is 2.08. The summed E-state index contributed by atoms with van der Waals surface area (Å²) < 4.78 is 0. The summed E-state index contributed by atoms with van der Waals surface area (Å²) in [6, 6.07) is 29.9. The van der Waals surface area contributed by atoms with Gasteiger partial charge < -0.3 is 10.6 Å². The van der Waals surface area contributed by atoms with Crippen LogP contribution in [0.5, 0.6) is 0 Å². The van der Waals surface area contributed by atoms with Crippen LogP contribution in [0.3, 0.4) is 0 Å². The van der Waals surface area contributed by atoms with Gasteiger partial charge in [0.25, 0.3) is 5.91 Å². The van der Waals surface area contributed by atoms with E-state index >= 15 is 0 Å². The van der Waals surface area contributed by atoms with Crippen LogP contribution < -0.4 is 10.6 Å². The lowest BCUT2D eigenvalue weighted by molar-refractivity contribution is 0.0950. The first-order chi connectivity index (χ1) is 15.7. The van der Waals surface area contributed by atoms with Gasteiger partial charge in [-0.2, -0.15) is 0 Å². The van der Waals surface area contributed by atoms with E-state index in [4.69, 9.17) is 0 Å². The van der Waals surface area contributed by atoms with Crippen molar-refractivity contribution in [1.82, 2.24) is 15.5 Å². The predicted molar refractivity (Wildman–Crippen MR) is 127 cm³/mol. The Labute approximate surface area is 187 Å². The van der Waals surface area contributed by atoms with Crippen molar-refractivity contribution in [2.75, 3.05) is 5.32 Å². The Morgan fingerprint density at radius 3 is 2.44 bits per heavy atom. The second kappa shape index (κ2) is 8.63. The molecule has 4 aromatic rings. The molecule has 5 heteroatoms. The number of carbonyl (C=O) groups excluding carboxylic acids is 1. The van der Waals surface area contributed by atoms with E-state index in [1.54, 1.807) is 0 Å². The zero-order chi connectivity index (χ0) is 21.9. The van der Waals surface area contributed by atoms with E-state index in [2.05, 4.69) is 52.0 Å². The van der Waals surface area contributed by atoms with Gasteiger partial charge in [0.1, 0.15) is 0 Å². The van der Waals surface area contributed by atoms with Crippen molar-refractivity contribution in [2.45, 2.75) is 25.3 Å². The molecule has 5 nitrogen and oxygen atoms in total. The number of nitrogens with zero attached hydrogens (tertiary/aromatic N) is 2. The normalized spacial score (nSPS) is 16.9. The molecule has 2 N–H and O–H groups in total. The fourth-order valence-electron chi connectivity index (χ4n) is 3.84. The number of amides is 1. The summed E-state index contributed by atoms with van der Waals surface area (Å²) in [6.07, 6.45) is 0.982. The van der Waals surface area contributed by atoms with E-state index in [0.717, 1.165) is 23.4 Å². The molecular weight excluding hydrogens is 396 g/mol. The lowest BCUT2D eigenvalue weighted by Gasteiger charge is -2.09. The average Bonchev–Trinajstić information content (AvgIpc) is 3.60. The molecule has 1 aliphatic carbocycles. The molecule has 1 aliphatic rings. The maximum absolute atomic E-state index is 12.8. The van der Waals surface area contributed by atoms with Crippen LogP contribution in [0, 0.1) is 6.92 Å². The zero-order valence-corrected chi connectivity index (χ0v) is 17.8. The smallest absolute Gasteiger partial charge is 0.251 e. The Kier molecular flexibility index (Phi) is 5.38. The van der Waals surface area contributed by atoms with E-state index in [0.29, 0.717) is 17.3 Å². The maximum atomic E-state index is 12.8. The Balaban J connectivity index is 1.22. The van der Waals surface area contributed by atoms with Gasteiger partial charge in [-0.05, 0) is 49.2 Å². The lowest BCUT2D eigenvalue weighted by Crippen LogP contribution is -2.26. The largest absolute Gasteiger partial charge is 0.349 e. The summed E-state index contributed by atoms with van der Waals surface area (Å²) in [5.41, 5.74) is 5.79. The van der Waals surface area contributed by atoms with Crippen LogP contribution in [-0.2, 0) is 0 Å². The summed E-state index contributed by atoms with van der Waals surface area (Å²) in [5.74, 6) is 0.974. The van der Waals surface area contributed by atoms with Crippen molar-refractivity contribution in [3.8, 4) is 11.3 Å². The molecule has 0 unspecified atom stereocenters. The number of nitrogens with one attached hydrogen (secondary N) is 2. The molecule has 3 aromatic carbocycles. The molecule has 32 heavy (non-hydrogen) atoms. The van der Waals surface area contributed by atoms with Crippen molar-refractivity contribution in [2.24, 2.45) is 0 Å². The Bertz CT molecular complexity index is 1220. The van der Waals surface area contributed by atoms with Crippen molar-refractivity contribution in [3.63, 3.8) is 0 Å². The number of hydrogen-bond donors (Lipinski definition) is 2. The van der Waals surface area contributed by atoms with Crippen molar-refractivity contribution < 1.29 is 4.79 Å². The third kappa shape index (κ3) is 4.52. The first-order valence-corrected chi connectivity index (χ1v) is 10.8. The van der Waals surface area contributed by atoms with E-state index in [-0.39, 0.29) is 11.9 Å². The molecule has 1 fully saturated rings. The quantitative estimate of drug-likeness (QED) is 0.433. The number of benzene rings is 3. The second-order valence-electron chi connectivity index (χ2n) is 8.21. The fourth-order valence-corrected chi connectivity index (χ4v) is 3.84. The first kappa shape index (κ1) is 19.9. The molecular formula is C27H24N4O. The van der Waals surface area contributed by atoms with Gasteiger partial charge in [-0.15, -0.1) is 10.2 Å². The molecule has 1 saturated carbocycles. The van der Waals surface area contributed by atoms with Gasteiger partial charge in [-0.1, -0.05) is 66.2 Å². The molecule has 158 valence electrons. The molecule has 0 saturated heterocycles. The number of rotatable bonds is 6. The molecule has 0 aliphatic heterocycles. The topological polar surface area (TPSA) is 66.9 Å². The Hall–Kier alpha value is -3.99. The second-order valence-corrected chi connectivity index (χ2v) is 8.21. The Morgan fingerprint density at radius 1 is 0.875 bits per heavy atom. The van der Waals surface area contributed by atoms with Gasteiger partial charge >= 0.3 is 0 Å². The lowest BCUT2D eigenvalue weighted by atomic mass is 10.1. The predicted octanol–water partition coefficient (Wildman–Crippen LogP) is 5.48. The van der Waals surface area contributed by atoms with Crippen LogP contribution in [0.4, 0.5) is 11.5 Å². The monoisotopic (exact) mass is 420 g/mol. The van der Waals surface area contributed by atoms with E-state index in [1.165, 1.54) is 11.1 Å². The SMILES string of the molecule is Cc1ccc([C@@H]2C[C@H]2NC(=O)c2cccc(Nc3ccc(-c4ccccc4)nn3)c2)cc1. The maximum Gasteiger partial charge on any atom is 0.251 e. The van der Waals surface area contributed by atoms with E-state index in [1.807, 2.05) is 66.7 Å². The fraction of sp³-hybridized carbons (Fsp3) is 0.148. The number of carbonyl (C=O) groups is 1. The third-order valence-corrected chi connectivity index (χ3v) is 5.74. The van der Waals surface area contributed by atoms with Gasteiger partial charge in [0, 0.05) is 28.8 Å². The van der Waals surface area contributed by atoms with Crippen LogP contribution in [0.15, 0.2) is 91.0 Å². The van der Waals surface area contributed by atoms with Crippen molar-refractivity contribution in [3.05, 3.63) is 108 Å². The summed E-state index contributed by atoms with van der Waals surface area (Å²) >= 11 is 0. The van der Waals surface area contributed by atoms with Crippen LogP contribution in [0.2, 0.25) is 0 Å². The van der Waals surface area contributed by atoms with Gasteiger partial charge in [0.15, 0.2) is 5.82 Å². The van der Waals surface area contributed by atoms with Crippen molar-refractivity contribution in [1.29, 1.82) is 0 Å². The van der Waals surface area contributed by atoms with Crippen LogP contribution in [0.1, 0.15) is 33.8 Å². The number of anilines is 2. The molecule has 1 aromatic heterocycles. The van der Waals surface area contributed by atoms with E-state index in [9.17, 15) is 4.79 Å². The highest BCUT2D eigenvalue weighted by molar-refractivity contribution is 5.95. The molecule has 0 bridgehead atoms. The molecule has 5 rings (SSSR count). The summed E-state index contributed by atoms with van der Waals surface area (Å²) in [4.78, 5) is 12.8. The van der Waals surface area contributed by atoms with Gasteiger partial charge in [0.2, 0.25) is 0 Å². The first-order valence-electron chi connectivity index (χ1n) is 10.8. The number of hydrogen-bond acceptors (Lipinski definition) is 4. The standard InChI is InChI=1S/C27H24N4O/c1-18-10-12-19(13-11-18)23-17-25(23)29-27(32)21-8-5-9-22(16-21)28-26-15-14-24(30-31-26)20-6-3-2-4-7-20/h2-16,23,25H,17H2,1H3,(H,28,31)(H,29,32)/t23-,25+/m0/s1. The molecule has 0 spiro atoms. The zero-order valence-electron chi connectivity index (χ0n) is 17.8.